The Morgan fingerprint density at radius 1 is 1.56 bits per heavy atom. The molecule has 0 fully saturated rings. The van der Waals surface area contributed by atoms with E-state index in [-0.39, 0.29) is 17.9 Å². The molecule has 0 saturated heterocycles. The van der Waals surface area contributed by atoms with Gasteiger partial charge in [-0.15, -0.1) is 12.3 Å². The summed E-state index contributed by atoms with van der Waals surface area (Å²) in [5, 5.41) is 10.9. The van der Waals surface area contributed by atoms with E-state index in [1.807, 2.05) is 0 Å². The Morgan fingerprint density at radius 2 is 2.28 bits per heavy atom. The monoisotopic (exact) mass is 247 g/mol. The molecule has 1 rings (SSSR count). The van der Waals surface area contributed by atoms with Crippen molar-refractivity contribution in [3.8, 4) is 12.3 Å². The zero-order chi connectivity index (χ0) is 13.5. The van der Waals surface area contributed by atoms with Gasteiger partial charge in [-0.1, -0.05) is 6.07 Å². The van der Waals surface area contributed by atoms with Gasteiger partial charge >= 0.3 is 5.97 Å². The lowest BCUT2D eigenvalue weighted by Gasteiger charge is -2.04. The number of benzene rings is 1. The van der Waals surface area contributed by atoms with E-state index in [4.69, 9.17) is 11.2 Å². The van der Waals surface area contributed by atoms with Gasteiger partial charge in [0.1, 0.15) is 0 Å². The molecule has 0 aromatic heterocycles. The Morgan fingerprint density at radius 3 is 2.83 bits per heavy atom. The molecule has 0 amide bonds. The molecule has 1 aromatic carbocycles. The van der Waals surface area contributed by atoms with Crippen LogP contribution in [0.15, 0.2) is 18.2 Å². The molecular formula is C13H13NO4. The Bertz CT molecular complexity index is 502. The molecular weight excluding hydrogens is 234 g/mol. The van der Waals surface area contributed by atoms with Gasteiger partial charge in [-0.05, 0) is 19.4 Å². The van der Waals surface area contributed by atoms with Gasteiger partial charge in [0.2, 0.25) is 0 Å². The van der Waals surface area contributed by atoms with E-state index in [2.05, 4.69) is 5.92 Å². The zero-order valence-electron chi connectivity index (χ0n) is 10.0. The van der Waals surface area contributed by atoms with Gasteiger partial charge in [0.15, 0.2) is 0 Å². The van der Waals surface area contributed by atoms with Gasteiger partial charge in [-0.3, -0.25) is 10.1 Å². The van der Waals surface area contributed by atoms with Crippen LogP contribution in [-0.4, -0.2) is 17.5 Å². The smallest absolute Gasteiger partial charge is 0.338 e. The molecule has 0 aliphatic heterocycles. The summed E-state index contributed by atoms with van der Waals surface area (Å²) in [6, 6.07) is 4.28. The van der Waals surface area contributed by atoms with Crippen molar-refractivity contribution in [2.45, 2.75) is 19.8 Å². The van der Waals surface area contributed by atoms with Crippen LogP contribution in [0.5, 0.6) is 0 Å². The number of nitrogens with zero attached hydrogens (tertiary/aromatic N) is 1. The number of carbonyl (C=O) groups is 1. The largest absolute Gasteiger partial charge is 0.462 e. The van der Waals surface area contributed by atoms with Crippen molar-refractivity contribution in [3.63, 3.8) is 0 Å². The number of terminal acetylenes is 1. The molecule has 0 heterocycles. The molecule has 0 N–H and O–H groups in total. The Balaban J connectivity index is 3.07. The van der Waals surface area contributed by atoms with Crippen molar-refractivity contribution >= 4 is 11.7 Å². The summed E-state index contributed by atoms with van der Waals surface area (Å²) in [4.78, 5) is 21.9. The van der Waals surface area contributed by atoms with E-state index in [1.165, 1.54) is 12.1 Å². The molecule has 0 spiro atoms. The summed E-state index contributed by atoms with van der Waals surface area (Å²) >= 11 is 0. The Kier molecular flexibility index (Phi) is 4.88. The normalized spacial score (nSPS) is 9.56. The standard InChI is InChI=1S/C13H13NO4/c1-3-5-6-10-7-8-11(13(15)18-4-2)9-12(10)14(16)17/h1,7-9H,4-6H2,2H3. The van der Waals surface area contributed by atoms with Crippen LogP contribution in [0.25, 0.3) is 0 Å². The van der Waals surface area contributed by atoms with Crippen LogP contribution in [0.4, 0.5) is 5.69 Å². The molecule has 0 unspecified atom stereocenters. The third kappa shape index (κ3) is 3.32. The van der Waals surface area contributed by atoms with E-state index >= 15 is 0 Å². The van der Waals surface area contributed by atoms with Crippen molar-refractivity contribution < 1.29 is 14.5 Å². The molecule has 94 valence electrons. The minimum Gasteiger partial charge on any atom is -0.462 e. The number of esters is 1. The highest BCUT2D eigenvalue weighted by Gasteiger charge is 2.17. The third-order valence-corrected chi connectivity index (χ3v) is 2.33. The van der Waals surface area contributed by atoms with Gasteiger partial charge in [-0.25, -0.2) is 4.79 Å². The maximum absolute atomic E-state index is 11.5. The quantitative estimate of drug-likeness (QED) is 0.346. The number of nitro groups is 1. The maximum Gasteiger partial charge on any atom is 0.338 e. The van der Waals surface area contributed by atoms with Crippen molar-refractivity contribution in [3.05, 3.63) is 39.4 Å². The summed E-state index contributed by atoms with van der Waals surface area (Å²) in [7, 11) is 0. The molecule has 0 bridgehead atoms. The highest BCUT2D eigenvalue weighted by atomic mass is 16.6. The van der Waals surface area contributed by atoms with Crippen LogP contribution in [-0.2, 0) is 11.2 Å². The second kappa shape index (κ2) is 6.40. The van der Waals surface area contributed by atoms with Crippen LogP contribution < -0.4 is 0 Å². The number of carbonyl (C=O) groups excluding carboxylic acids is 1. The topological polar surface area (TPSA) is 69.4 Å². The van der Waals surface area contributed by atoms with Crippen molar-refractivity contribution in [1.29, 1.82) is 0 Å². The molecule has 0 radical (unpaired) electrons. The van der Waals surface area contributed by atoms with E-state index in [0.29, 0.717) is 18.4 Å². The van der Waals surface area contributed by atoms with Gasteiger partial charge in [-0.2, -0.15) is 0 Å². The summed E-state index contributed by atoms with van der Waals surface area (Å²) in [5.74, 6) is 1.86. The molecule has 5 heteroatoms. The summed E-state index contributed by atoms with van der Waals surface area (Å²) in [6.07, 6.45) is 5.96. The predicted octanol–water partition coefficient (Wildman–Crippen LogP) is 2.34. The highest BCUT2D eigenvalue weighted by molar-refractivity contribution is 5.90. The molecule has 5 nitrogen and oxygen atoms in total. The zero-order valence-corrected chi connectivity index (χ0v) is 10.0. The fourth-order valence-electron chi connectivity index (χ4n) is 1.49. The van der Waals surface area contributed by atoms with Gasteiger partial charge in [0, 0.05) is 18.1 Å². The van der Waals surface area contributed by atoms with E-state index in [9.17, 15) is 14.9 Å². The fraction of sp³-hybridized carbons (Fsp3) is 0.308. The second-order valence-electron chi connectivity index (χ2n) is 3.53. The van der Waals surface area contributed by atoms with Crippen molar-refractivity contribution in [2.75, 3.05) is 6.61 Å². The van der Waals surface area contributed by atoms with Gasteiger partial charge in [0.25, 0.3) is 5.69 Å². The third-order valence-electron chi connectivity index (χ3n) is 2.33. The predicted molar refractivity (Wildman–Crippen MR) is 66.2 cm³/mol. The summed E-state index contributed by atoms with van der Waals surface area (Å²) < 4.78 is 4.79. The number of hydrogen-bond acceptors (Lipinski definition) is 4. The van der Waals surface area contributed by atoms with Crippen molar-refractivity contribution in [1.82, 2.24) is 0 Å². The number of ether oxygens (including phenoxy) is 1. The molecule has 0 aliphatic carbocycles. The van der Waals surface area contributed by atoms with E-state index < -0.39 is 10.9 Å². The SMILES string of the molecule is C#CCCc1ccc(C(=O)OCC)cc1[N+](=O)[O-]. The first-order chi connectivity index (χ1) is 8.60. The first-order valence-corrected chi connectivity index (χ1v) is 5.48. The number of nitro benzene ring substituents is 1. The fourth-order valence-corrected chi connectivity index (χ4v) is 1.49. The van der Waals surface area contributed by atoms with Crippen LogP contribution in [0, 0.1) is 22.5 Å². The number of hydrogen-bond donors (Lipinski definition) is 0. The summed E-state index contributed by atoms with van der Waals surface area (Å²) in [5.41, 5.74) is 0.592. The Hall–Kier alpha value is -2.35. The Labute approximate surface area is 105 Å². The second-order valence-corrected chi connectivity index (χ2v) is 3.53. The van der Waals surface area contributed by atoms with Gasteiger partial charge < -0.3 is 4.74 Å². The lowest BCUT2D eigenvalue weighted by atomic mass is 10.0. The average molecular weight is 247 g/mol. The molecule has 1 aromatic rings. The van der Waals surface area contributed by atoms with E-state index in [1.54, 1.807) is 13.0 Å². The molecule has 0 aliphatic rings. The highest BCUT2D eigenvalue weighted by Crippen LogP contribution is 2.22. The van der Waals surface area contributed by atoms with Gasteiger partial charge in [0.05, 0.1) is 17.1 Å². The average Bonchev–Trinajstić information content (AvgIpc) is 2.36. The minimum absolute atomic E-state index is 0.101. The molecule has 18 heavy (non-hydrogen) atoms. The molecule has 0 atom stereocenters. The van der Waals surface area contributed by atoms with Crippen LogP contribution in [0.2, 0.25) is 0 Å². The lowest BCUT2D eigenvalue weighted by molar-refractivity contribution is -0.385. The lowest BCUT2D eigenvalue weighted by Crippen LogP contribution is -2.06. The van der Waals surface area contributed by atoms with Crippen LogP contribution in [0.3, 0.4) is 0 Å². The van der Waals surface area contributed by atoms with Crippen LogP contribution >= 0.6 is 0 Å². The first kappa shape index (κ1) is 13.7. The van der Waals surface area contributed by atoms with Crippen LogP contribution in [0.1, 0.15) is 29.3 Å². The first-order valence-electron chi connectivity index (χ1n) is 5.48. The number of rotatable bonds is 5. The minimum atomic E-state index is -0.566. The summed E-state index contributed by atoms with van der Waals surface area (Å²) in [6.45, 7) is 1.90. The maximum atomic E-state index is 11.5. The molecule has 0 saturated carbocycles. The van der Waals surface area contributed by atoms with Crippen molar-refractivity contribution in [2.24, 2.45) is 0 Å². The van der Waals surface area contributed by atoms with E-state index in [0.717, 1.165) is 0 Å². The number of aryl methyl sites for hydroxylation is 1.